The molecule has 1 atom stereocenters. The van der Waals surface area contributed by atoms with Crippen LogP contribution in [-0.4, -0.2) is 40.8 Å². The summed E-state index contributed by atoms with van der Waals surface area (Å²) < 4.78 is 10.9. The van der Waals surface area contributed by atoms with Gasteiger partial charge in [-0.3, -0.25) is 4.90 Å². The van der Waals surface area contributed by atoms with E-state index >= 15 is 0 Å². The highest BCUT2D eigenvalue weighted by Gasteiger charge is 2.19. The molecule has 0 saturated carbocycles. The molecule has 0 spiro atoms. The number of morpholine rings is 1. The van der Waals surface area contributed by atoms with Gasteiger partial charge in [0, 0.05) is 18.7 Å². The van der Waals surface area contributed by atoms with Crippen LogP contribution >= 0.6 is 0 Å². The van der Waals surface area contributed by atoms with Gasteiger partial charge in [0.25, 0.3) is 0 Å². The Morgan fingerprint density at radius 3 is 2.81 bits per heavy atom. The average molecular weight is 287 g/mol. The van der Waals surface area contributed by atoms with Crippen molar-refractivity contribution in [1.82, 2.24) is 15.0 Å². The zero-order valence-corrected chi connectivity index (χ0v) is 12.6. The van der Waals surface area contributed by atoms with E-state index in [4.69, 9.17) is 9.26 Å². The van der Waals surface area contributed by atoms with Crippen molar-refractivity contribution in [2.24, 2.45) is 0 Å². The Hall–Kier alpha value is -1.72. The zero-order valence-electron chi connectivity index (χ0n) is 12.6. The quantitative estimate of drug-likeness (QED) is 0.865. The Balaban J connectivity index is 1.67. The Labute approximate surface area is 124 Å². The van der Waals surface area contributed by atoms with E-state index in [1.807, 2.05) is 12.1 Å². The molecule has 0 unspecified atom stereocenters. The molecule has 1 aromatic carbocycles. The van der Waals surface area contributed by atoms with Crippen LogP contribution in [0.5, 0.6) is 0 Å². The largest absolute Gasteiger partial charge is 0.376 e. The number of hydrogen-bond acceptors (Lipinski definition) is 5. The van der Waals surface area contributed by atoms with Gasteiger partial charge in [-0.1, -0.05) is 36.3 Å². The molecule has 1 aliphatic heterocycles. The zero-order chi connectivity index (χ0) is 14.7. The first-order chi connectivity index (χ1) is 10.2. The van der Waals surface area contributed by atoms with Gasteiger partial charge in [-0.15, -0.1) is 0 Å². The van der Waals surface area contributed by atoms with Crippen LogP contribution < -0.4 is 0 Å². The minimum atomic E-state index is 0.266. The molecule has 0 aliphatic carbocycles. The van der Waals surface area contributed by atoms with Crippen molar-refractivity contribution < 1.29 is 9.26 Å². The molecule has 0 amide bonds. The Bertz CT molecular complexity index is 579. The summed E-state index contributed by atoms with van der Waals surface area (Å²) in [4.78, 5) is 6.78. The van der Waals surface area contributed by atoms with Crippen LogP contribution in [0.3, 0.4) is 0 Å². The Kier molecular flexibility index (Phi) is 4.31. The van der Waals surface area contributed by atoms with Crippen LogP contribution in [-0.2, 0) is 17.7 Å². The van der Waals surface area contributed by atoms with Gasteiger partial charge in [0.05, 0.1) is 19.3 Å². The smallest absolute Gasteiger partial charge is 0.241 e. The minimum Gasteiger partial charge on any atom is -0.376 e. The van der Waals surface area contributed by atoms with E-state index in [1.165, 1.54) is 5.56 Å². The van der Waals surface area contributed by atoms with Crippen molar-refractivity contribution >= 4 is 0 Å². The molecule has 1 aliphatic rings. The maximum atomic E-state index is 5.53. The molecular formula is C16H21N3O2. The molecule has 5 nitrogen and oxygen atoms in total. The number of aryl methyl sites for hydroxylation is 1. The second-order valence-corrected chi connectivity index (χ2v) is 5.48. The lowest BCUT2D eigenvalue weighted by atomic mass is 10.1. The summed E-state index contributed by atoms with van der Waals surface area (Å²) in [6.45, 7) is 7.50. The third-order valence-corrected chi connectivity index (χ3v) is 3.77. The summed E-state index contributed by atoms with van der Waals surface area (Å²) in [5.41, 5.74) is 2.31. The topological polar surface area (TPSA) is 51.4 Å². The van der Waals surface area contributed by atoms with Crippen molar-refractivity contribution in [1.29, 1.82) is 0 Å². The molecule has 0 radical (unpaired) electrons. The average Bonchev–Trinajstić information content (AvgIpc) is 2.96. The number of aromatic nitrogens is 2. The molecule has 21 heavy (non-hydrogen) atoms. The fourth-order valence-electron chi connectivity index (χ4n) is 2.55. The highest BCUT2D eigenvalue weighted by molar-refractivity contribution is 5.54. The first kappa shape index (κ1) is 14.2. The summed E-state index contributed by atoms with van der Waals surface area (Å²) in [6, 6.07) is 8.30. The van der Waals surface area contributed by atoms with Gasteiger partial charge < -0.3 is 9.26 Å². The fourth-order valence-corrected chi connectivity index (χ4v) is 2.55. The van der Waals surface area contributed by atoms with Crippen LogP contribution in [0.2, 0.25) is 0 Å². The number of hydrogen-bond donors (Lipinski definition) is 0. The predicted octanol–water partition coefficient (Wildman–Crippen LogP) is 2.52. The maximum absolute atomic E-state index is 5.53. The molecule has 1 aromatic heterocycles. The van der Waals surface area contributed by atoms with E-state index < -0.39 is 0 Å². The van der Waals surface area contributed by atoms with E-state index in [1.54, 1.807) is 0 Å². The predicted molar refractivity (Wildman–Crippen MR) is 79.8 cm³/mol. The maximum Gasteiger partial charge on any atom is 0.241 e. The van der Waals surface area contributed by atoms with Crippen molar-refractivity contribution in [3.8, 4) is 11.4 Å². The molecule has 2 aromatic rings. The third kappa shape index (κ3) is 3.49. The first-order valence-corrected chi connectivity index (χ1v) is 7.50. The van der Waals surface area contributed by atoms with Gasteiger partial charge in [-0.2, -0.15) is 4.98 Å². The molecule has 112 valence electrons. The van der Waals surface area contributed by atoms with Crippen molar-refractivity contribution in [2.45, 2.75) is 32.9 Å². The number of ether oxygens (including phenoxy) is 1. The lowest BCUT2D eigenvalue weighted by Gasteiger charge is -2.29. The van der Waals surface area contributed by atoms with Gasteiger partial charge in [-0.25, -0.2) is 0 Å². The van der Waals surface area contributed by atoms with Gasteiger partial charge in [0.15, 0.2) is 0 Å². The van der Waals surface area contributed by atoms with E-state index in [2.05, 4.69) is 41.0 Å². The molecule has 1 fully saturated rings. The van der Waals surface area contributed by atoms with Gasteiger partial charge in [-0.05, 0) is 18.9 Å². The second kappa shape index (κ2) is 6.37. The standard InChI is InChI=1S/C16H21N3O2/c1-3-13-4-6-14(7-5-13)16-17-15(21-18-16)11-19-8-9-20-12(2)10-19/h4-7,12H,3,8-11H2,1-2H3/t12-/m0/s1. The normalized spacial score (nSPS) is 19.8. The molecule has 1 saturated heterocycles. The van der Waals surface area contributed by atoms with Crippen molar-refractivity contribution in [3.63, 3.8) is 0 Å². The highest BCUT2D eigenvalue weighted by atomic mass is 16.5. The van der Waals surface area contributed by atoms with Gasteiger partial charge in [0.1, 0.15) is 0 Å². The van der Waals surface area contributed by atoms with Crippen LogP contribution in [0.4, 0.5) is 0 Å². The molecule has 3 rings (SSSR count). The summed E-state index contributed by atoms with van der Waals surface area (Å²) >= 11 is 0. The molecule has 2 heterocycles. The van der Waals surface area contributed by atoms with Crippen LogP contribution in [0.1, 0.15) is 25.3 Å². The number of rotatable bonds is 4. The van der Waals surface area contributed by atoms with E-state index in [9.17, 15) is 0 Å². The molecule has 5 heteroatoms. The minimum absolute atomic E-state index is 0.266. The van der Waals surface area contributed by atoms with E-state index in [0.29, 0.717) is 18.3 Å². The summed E-state index contributed by atoms with van der Waals surface area (Å²) in [5, 5.41) is 4.08. The van der Waals surface area contributed by atoms with E-state index in [-0.39, 0.29) is 6.10 Å². The summed E-state index contributed by atoms with van der Waals surface area (Å²) in [6.07, 6.45) is 1.30. The Morgan fingerprint density at radius 2 is 2.10 bits per heavy atom. The van der Waals surface area contributed by atoms with Crippen LogP contribution in [0.15, 0.2) is 28.8 Å². The molecule has 0 N–H and O–H groups in total. The van der Waals surface area contributed by atoms with Crippen LogP contribution in [0.25, 0.3) is 11.4 Å². The number of nitrogens with zero attached hydrogens (tertiary/aromatic N) is 3. The van der Waals surface area contributed by atoms with Crippen molar-refractivity contribution in [3.05, 3.63) is 35.7 Å². The lowest BCUT2D eigenvalue weighted by Crippen LogP contribution is -2.40. The summed E-state index contributed by atoms with van der Waals surface area (Å²) in [5.74, 6) is 1.33. The molecular weight excluding hydrogens is 266 g/mol. The first-order valence-electron chi connectivity index (χ1n) is 7.50. The lowest BCUT2D eigenvalue weighted by molar-refractivity contribution is -0.0240. The SMILES string of the molecule is CCc1ccc(-c2noc(CN3CCO[C@@H](C)C3)n2)cc1. The third-order valence-electron chi connectivity index (χ3n) is 3.77. The fraction of sp³-hybridized carbons (Fsp3) is 0.500. The van der Waals surface area contributed by atoms with Gasteiger partial charge >= 0.3 is 0 Å². The highest BCUT2D eigenvalue weighted by Crippen LogP contribution is 2.18. The second-order valence-electron chi connectivity index (χ2n) is 5.48. The summed E-state index contributed by atoms with van der Waals surface area (Å²) in [7, 11) is 0. The van der Waals surface area contributed by atoms with Gasteiger partial charge in [0.2, 0.25) is 11.7 Å². The Morgan fingerprint density at radius 1 is 1.29 bits per heavy atom. The monoisotopic (exact) mass is 287 g/mol. The number of benzene rings is 1. The molecule has 0 bridgehead atoms. The van der Waals surface area contributed by atoms with Crippen molar-refractivity contribution in [2.75, 3.05) is 19.7 Å². The van der Waals surface area contributed by atoms with E-state index in [0.717, 1.165) is 31.7 Å². The van der Waals surface area contributed by atoms with Crippen LogP contribution in [0, 0.1) is 0 Å².